The van der Waals surface area contributed by atoms with Crippen LogP contribution in [0.15, 0.2) is 18.5 Å². The van der Waals surface area contributed by atoms with Gasteiger partial charge in [-0.05, 0) is 6.07 Å². The molecule has 0 amide bonds. The summed E-state index contributed by atoms with van der Waals surface area (Å²) in [5, 5.41) is 10.7. The van der Waals surface area contributed by atoms with Gasteiger partial charge in [0.25, 0.3) is 0 Å². The van der Waals surface area contributed by atoms with Gasteiger partial charge in [-0.25, -0.2) is 0 Å². The molecule has 0 radical (unpaired) electrons. The van der Waals surface area contributed by atoms with Crippen LogP contribution in [0.2, 0.25) is 0 Å². The number of hydrogen-bond acceptors (Lipinski definition) is 3. The number of nitrogen functional groups attached to an aromatic ring is 1. The lowest BCUT2D eigenvalue weighted by atomic mass is 10.3. The second-order valence-electron chi connectivity index (χ2n) is 2.54. The summed E-state index contributed by atoms with van der Waals surface area (Å²) in [4.78, 5) is 0. The van der Waals surface area contributed by atoms with E-state index < -0.39 is 0 Å². The van der Waals surface area contributed by atoms with E-state index in [1.54, 1.807) is 17.1 Å². The number of aromatic nitrogens is 4. The second-order valence-corrected chi connectivity index (χ2v) is 2.54. The van der Waals surface area contributed by atoms with Crippen molar-refractivity contribution in [3.8, 4) is 11.4 Å². The van der Waals surface area contributed by atoms with Crippen molar-refractivity contribution in [1.82, 2.24) is 20.0 Å². The Balaban J connectivity index is 2.60. The summed E-state index contributed by atoms with van der Waals surface area (Å²) in [6, 6.07) is 1.85. The van der Waals surface area contributed by atoms with Crippen LogP contribution in [0, 0.1) is 0 Å². The van der Waals surface area contributed by atoms with Gasteiger partial charge in [-0.1, -0.05) is 0 Å². The highest BCUT2D eigenvalue weighted by Gasteiger charge is 2.08. The zero-order valence-electron chi connectivity index (χ0n) is 6.65. The van der Waals surface area contributed by atoms with Crippen molar-refractivity contribution in [2.75, 3.05) is 5.73 Å². The Bertz CT molecular complexity index is 353. The third-order valence-electron chi connectivity index (χ3n) is 1.72. The molecule has 0 spiro atoms. The molecule has 2 aromatic rings. The molecule has 2 heterocycles. The van der Waals surface area contributed by atoms with Crippen LogP contribution in [0.1, 0.15) is 0 Å². The fourth-order valence-corrected chi connectivity index (χ4v) is 1.17. The van der Waals surface area contributed by atoms with E-state index in [1.165, 1.54) is 0 Å². The van der Waals surface area contributed by atoms with Crippen molar-refractivity contribution in [3.05, 3.63) is 18.5 Å². The number of aromatic amines is 1. The molecule has 0 unspecified atom stereocenters. The maximum absolute atomic E-state index is 5.70. The van der Waals surface area contributed by atoms with Crippen LogP contribution in [0.4, 0.5) is 5.69 Å². The molecule has 0 atom stereocenters. The Hall–Kier alpha value is -1.78. The van der Waals surface area contributed by atoms with Crippen molar-refractivity contribution in [3.63, 3.8) is 0 Å². The van der Waals surface area contributed by atoms with Gasteiger partial charge in [-0.15, -0.1) is 0 Å². The predicted octanol–water partition coefficient (Wildman–Crippen LogP) is 0.392. The van der Waals surface area contributed by atoms with Crippen molar-refractivity contribution in [2.45, 2.75) is 0 Å². The van der Waals surface area contributed by atoms with Crippen molar-refractivity contribution >= 4 is 5.69 Å². The van der Waals surface area contributed by atoms with E-state index in [-0.39, 0.29) is 0 Å². The fraction of sp³-hybridized carbons (Fsp3) is 0.143. The van der Waals surface area contributed by atoms with Gasteiger partial charge in [0, 0.05) is 13.2 Å². The number of anilines is 1. The topological polar surface area (TPSA) is 72.5 Å². The van der Waals surface area contributed by atoms with Crippen LogP contribution in [-0.4, -0.2) is 20.0 Å². The zero-order chi connectivity index (χ0) is 8.55. The first-order valence-electron chi connectivity index (χ1n) is 3.56. The SMILES string of the molecule is Cn1ncc(N)c1-c1ccn[nH]1. The van der Waals surface area contributed by atoms with Crippen LogP contribution in [0.25, 0.3) is 11.4 Å². The number of aryl methyl sites for hydroxylation is 1. The first-order chi connectivity index (χ1) is 5.79. The average Bonchev–Trinajstić information content (AvgIpc) is 2.61. The summed E-state index contributed by atoms with van der Waals surface area (Å²) in [7, 11) is 1.84. The predicted molar refractivity (Wildman–Crippen MR) is 45.2 cm³/mol. The molecule has 0 aliphatic rings. The Morgan fingerprint density at radius 2 is 2.42 bits per heavy atom. The molecule has 0 aromatic carbocycles. The monoisotopic (exact) mass is 163 g/mol. The molecule has 3 N–H and O–H groups in total. The first-order valence-corrected chi connectivity index (χ1v) is 3.56. The van der Waals surface area contributed by atoms with Gasteiger partial charge in [-0.2, -0.15) is 10.2 Å². The highest BCUT2D eigenvalue weighted by atomic mass is 15.3. The van der Waals surface area contributed by atoms with Gasteiger partial charge >= 0.3 is 0 Å². The minimum atomic E-state index is 0.654. The Morgan fingerprint density at radius 3 is 2.92 bits per heavy atom. The lowest BCUT2D eigenvalue weighted by Crippen LogP contribution is -1.95. The van der Waals surface area contributed by atoms with Crippen LogP contribution in [0.3, 0.4) is 0 Å². The summed E-state index contributed by atoms with van der Waals surface area (Å²) in [6.45, 7) is 0. The highest BCUT2D eigenvalue weighted by molar-refractivity contribution is 5.68. The second kappa shape index (κ2) is 2.37. The number of rotatable bonds is 1. The largest absolute Gasteiger partial charge is 0.396 e. The number of hydrogen-bond donors (Lipinski definition) is 2. The average molecular weight is 163 g/mol. The van der Waals surface area contributed by atoms with Gasteiger partial charge in [0.15, 0.2) is 0 Å². The van der Waals surface area contributed by atoms with Crippen LogP contribution in [-0.2, 0) is 7.05 Å². The number of nitrogens with two attached hydrogens (primary N) is 1. The first kappa shape index (κ1) is 6.90. The van der Waals surface area contributed by atoms with Crippen molar-refractivity contribution in [2.24, 2.45) is 7.05 Å². The molecule has 0 saturated heterocycles. The van der Waals surface area contributed by atoms with Gasteiger partial charge < -0.3 is 5.73 Å². The van der Waals surface area contributed by atoms with Crippen LogP contribution < -0.4 is 5.73 Å². The third kappa shape index (κ3) is 0.868. The van der Waals surface area contributed by atoms with E-state index >= 15 is 0 Å². The summed E-state index contributed by atoms with van der Waals surface area (Å²) < 4.78 is 1.71. The smallest absolute Gasteiger partial charge is 0.109 e. The molecule has 5 nitrogen and oxygen atoms in total. The Labute approximate surface area is 69.2 Å². The normalized spacial score (nSPS) is 10.4. The summed E-state index contributed by atoms with van der Waals surface area (Å²) in [6.07, 6.45) is 3.30. The molecule has 0 saturated carbocycles. The highest BCUT2D eigenvalue weighted by Crippen LogP contribution is 2.21. The molecule has 2 aromatic heterocycles. The lowest BCUT2D eigenvalue weighted by Gasteiger charge is -1.98. The molecule has 0 aliphatic heterocycles. The molecule has 2 rings (SSSR count). The molecular formula is C7H9N5. The van der Waals surface area contributed by atoms with Crippen LogP contribution in [0.5, 0.6) is 0 Å². The van der Waals surface area contributed by atoms with E-state index in [9.17, 15) is 0 Å². The molecule has 0 aliphatic carbocycles. The van der Waals surface area contributed by atoms with Gasteiger partial charge in [0.2, 0.25) is 0 Å². The van der Waals surface area contributed by atoms with Crippen molar-refractivity contribution in [1.29, 1.82) is 0 Å². The fourth-order valence-electron chi connectivity index (χ4n) is 1.17. The standard InChI is InChI=1S/C7H9N5/c1-12-7(5(8)4-10-12)6-2-3-9-11-6/h2-4H,8H2,1H3,(H,9,11). The quantitative estimate of drug-likeness (QED) is 0.638. The van der Waals surface area contributed by atoms with Crippen molar-refractivity contribution < 1.29 is 0 Å². The Morgan fingerprint density at radius 1 is 1.58 bits per heavy atom. The van der Waals surface area contributed by atoms with E-state index in [2.05, 4.69) is 15.3 Å². The summed E-state index contributed by atoms with van der Waals surface area (Å²) in [5.74, 6) is 0. The molecule has 12 heavy (non-hydrogen) atoms. The summed E-state index contributed by atoms with van der Waals surface area (Å²) in [5.41, 5.74) is 8.11. The molecule has 5 heteroatoms. The minimum Gasteiger partial charge on any atom is -0.396 e. The molecule has 0 fully saturated rings. The molecular weight excluding hydrogens is 154 g/mol. The van der Waals surface area contributed by atoms with E-state index in [0.717, 1.165) is 11.4 Å². The Kier molecular flexibility index (Phi) is 1.36. The molecule has 0 bridgehead atoms. The maximum atomic E-state index is 5.70. The van der Waals surface area contributed by atoms with Gasteiger partial charge in [-0.3, -0.25) is 9.78 Å². The number of nitrogens with one attached hydrogen (secondary N) is 1. The van der Waals surface area contributed by atoms with Gasteiger partial charge in [0.1, 0.15) is 5.69 Å². The maximum Gasteiger partial charge on any atom is 0.109 e. The van der Waals surface area contributed by atoms with Crippen LogP contribution >= 0.6 is 0 Å². The number of nitrogens with zero attached hydrogens (tertiary/aromatic N) is 3. The lowest BCUT2D eigenvalue weighted by molar-refractivity contribution is 0.773. The van der Waals surface area contributed by atoms with E-state index in [0.29, 0.717) is 5.69 Å². The zero-order valence-corrected chi connectivity index (χ0v) is 6.65. The van der Waals surface area contributed by atoms with E-state index in [4.69, 9.17) is 5.73 Å². The van der Waals surface area contributed by atoms with E-state index in [1.807, 2.05) is 13.1 Å². The van der Waals surface area contributed by atoms with Gasteiger partial charge in [0.05, 0.1) is 17.6 Å². The molecule has 62 valence electrons. The third-order valence-corrected chi connectivity index (χ3v) is 1.72. The number of H-pyrrole nitrogens is 1. The minimum absolute atomic E-state index is 0.654. The summed E-state index contributed by atoms with van der Waals surface area (Å²) >= 11 is 0.